The third kappa shape index (κ3) is 5.42. The molecule has 2 N–H and O–H groups in total. The van der Waals surface area contributed by atoms with E-state index in [0.717, 1.165) is 17.1 Å². The molecule has 170 valence electrons. The molecule has 1 saturated heterocycles. The van der Waals surface area contributed by atoms with Gasteiger partial charge in [0.1, 0.15) is 5.69 Å². The van der Waals surface area contributed by atoms with Crippen LogP contribution in [0.25, 0.3) is 0 Å². The van der Waals surface area contributed by atoms with Crippen molar-refractivity contribution in [2.24, 2.45) is 0 Å². The number of aromatic nitrogens is 2. The number of aryl methyl sites for hydroxylation is 2. The Hall–Kier alpha value is -4.05. The van der Waals surface area contributed by atoms with E-state index in [2.05, 4.69) is 20.6 Å². The number of nitro groups is 1. The van der Waals surface area contributed by atoms with E-state index in [0.29, 0.717) is 43.6 Å². The van der Waals surface area contributed by atoms with Crippen LogP contribution in [0.3, 0.4) is 0 Å². The van der Waals surface area contributed by atoms with Gasteiger partial charge in [0.2, 0.25) is 5.95 Å². The Kier molecular flexibility index (Phi) is 6.45. The lowest BCUT2D eigenvalue weighted by Crippen LogP contribution is -2.36. The fourth-order valence-electron chi connectivity index (χ4n) is 3.63. The summed E-state index contributed by atoms with van der Waals surface area (Å²) in [6.07, 6.45) is 0. The molecular formula is C23H24N6O4. The summed E-state index contributed by atoms with van der Waals surface area (Å²) < 4.78 is 5.31. The third-order valence-electron chi connectivity index (χ3n) is 5.17. The van der Waals surface area contributed by atoms with Crippen molar-refractivity contribution < 1.29 is 14.5 Å². The van der Waals surface area contributed by atoms with Crippen molar-refractivity contribution in [1.29, 1.82) is 0 Å². The minimum absolute atomic E-state index is 0.0995. The maximum absolute atomic E-state index is 12.7. The number of hydrogen-bond donors (Lipinski definition) is 2. The predicted molar refractivity (Wildman–Crippen MR) is 125 cm³/mol. The molecule has 0 radical (unpaired) electrons. The first-order valence-corrected chi connectivity index (χ1v) is 10.5. The van der Waals surface area contributed by atoms with Gasteiger partial charge in [0.25, 0.3) is 11.6 Å². The lowest BCUT2D eigenvalue weighted by Gasteiger charge is -2.28. The standard InChI is InChI=1S/C23H24N6O4/c1-15-13-16(2)25-23(24-15)27-19-6-4-18(5-7-19)26-22(30)17-3-8-20(21(14-17)29(31)32)28-9-11-33-12-10-28/h3-8,13-14H,9-12H2,1-2H3,(H,26,30)(H,24,25,27). The monoisotopic (exact) mass is 448 g/mol. The van der Waals surface area contributed by atoms with Crippen molar-refractivity contribution in [3.63, 3.8) is 0 Å². The number of hydrogen-bond acceptors (Lipinski definition) is 8. The molecule has 1 aliphatic heterocycles. The fourth-order valence-corrected chi connectivity index (χ4v) is 3.63. The van der Waals surface area contributed by atoms with Gasteiger partial charge in [0, 0.05) is 47.5 Å². The Morgan fingerprint density at radius 1 is 1.00 bits per heavy atom. The van der Waals surface area contributed by atoms with Gasteiger partial charge in [-0.2, -0.15) is 0 Å². The summed E-state index contributed by atoms with van der Waals surface area (Å²) in [7, 11) is 0. The molecular weight excluding hydrogens is 424 g/mol. The van der Waals surface area contributed by atoms with E-state index in [1.54, 1.807) is 36.4 Å². The highest BCUT2D eigenvalue weighted by molar-refractivity contribution is 6.05. The molecule has 33 heavy (non-hydrogen) atoms. The smallest absolute Gasteiger partial charge is 0.293 e. The molecule has 0 spiro atoms. The van der Waals surface area contributed by atoms with Gasteiger partial charge in [-0.05, 0) is 56.3 Å². The van der Waals surface area contributed by atoms with Crippen molar-refractivity contribution >= 4 is 34.6 Å². The first-order valence-electron chi connectivity index (χ1n) is 10.5. The number of rotatable bonds is 6. The molecule has 3 aromatic rings. The molecule has 1 fully saturated rings. The predicted octanol–water partition coefficient (Wildman–Crippen LogP) is 3.83. The van der Waals surface area contributed by atoms with E-state index >= 15 is 0 Å². The van der Waals surface area contributed by atoms with Crippen LogP contribution in [0, 0.1) is 24.0 Å². The van der Waals surface area contributed by atoms with Crippen LogP contribution < -0.4 is 15.5 Å². The molecule has 2 heterocycles. The Balaban J connectivity index is 1.46. The molecule has 1 amide bonds. The number of nitro benzene ring substituents is 1. The van der Waals surface area contributed by atoms with Gasteiger partial charge in [-0.15, -0.1) is 0 Å². The second kappa shape index (κ2) is 9.61. The van der Waals surface area contributed by atoms with E-state index < -0.39 is 10.8 Å². The van der Waals surface area contributed by atoms with Crippen LogP contribution >= 0.6 is 0 Å². The van der Waals surface area contributed by atoms with Crippen molar-refractivity contribution in [2.45, 2.75) is 13.8 Å². The molecule has 0 unspecified atom stereocenters. The number of carbonyl (C=O) groups is 1. The Morgan fingerprint density at radius 2 is 1.64 bits per heavy atom. The largest absolute Gasteiger partial charge is 0.378 e. The first kappa shape index (κ1) is 22.2. The Bertz CT molecular complexity index is 1160. The summed E-state index contributed by atoms with van der Waals surface area (Å²) in [5.41, 5.74) is 3.66. The number of nitrogens with zero attached hydrogens (tertiary/aromatic N) is 4. The highest BCUT2D eigenvalue weighted by Gasteiger charge is 2.23. The third-order valence-corrected chi connectivity index (χ3v) is 5.17. The molecule has 0 atom stereocenters. The average molecular weight is 448 g/mol. The van der Waals surface area contributed by atoms with Crippen LogP contribution in [-0.2, 0) is 4.74 Å². The van der Waals surface area contributed by atoms with Crippen molar-refractivity contribution in [1.82, 2.24) is 9.97 Å². The van der Waals surface area contributed by atoms with Gasteiger partial charge in [-0.25, -0.2) is 9.97 Å². The minimum Gasteiger partial charge on any atom is -0.378 e. The van der Waals surface area contributed by atoms with Crippen molar-refractivity contribution in [3.05, 3.63) is 75.6 Å². The highest BCUT2D eigenvalue weighted by atomic mass is 16.6. The lowest BCUT2D eigenvalue weighted by atomic mass is 10.1. The quantitative estimate of drug-likeness (QED) is 0.431. The molecule has 4 rings (SSSR count). The second-order valence-electron chi connectivity index (χ2n) is 7.69. The summed E-state index contributed by atoms with van der Waals surface area (Å²) >= 11 is 0. The maximum Gasteiger partial charge on any atom is 0.293 e. The number of amides is 1. The van der Waals surface area contributed by atoms with Crippen LogP contribution in [0.15, 0.2) is 48.5 Å². The van der Waals surface area contributed by atoms with Gasteiger partial charge in [-0.1, -0.05) is 0 Å². The normalized spacial score (nSPS) is 13.5. The second-order valence-corrected chi connectivity index (χ2v) is 7.69. The number of anilines is 4. The number of benzene rings is 2. The number of morpholine rings is 1. The average Bonchev–Trinajstić information content (AvgIpc) is 2.80. The lowest BCUT2D eigenvalue weighted by molar-refractivity contribution is -0.384. The van der Waals surface area contributed by atoms with Crippen LogP contribution in [0.1, 0.15) is 21.7 Å². The van der Waals surface area contributed by atoms with Crippen LogP contribution in [-0.4, -0.2) is 47.1 Å². The van der Waals surface area contributed by atoms with Crippen LogP contribution in [0.5, 0.6) is 0 Å². The number of ether oxygens (including phenoxy) is 1. The Morgan fingerprint density at radius 3 is 2.27 bits per heavy atom. The van der Waals surface area contributed by atoms with Gasteiger partial charge in [-0.3, -0.25) is 14.9 Å². The SMILES string of the molecule is Cc1cc(C)nc(Nc2ccc(NC(=O)c3ccc(N4CCOCC4)c([N+](=O)[O-])c3)cc2)n1. The zero-order chi connectivity index (χ0) is 23.4. The van der Waals surface area contributed by atoms with E-state index in [4.69, 9.17) is 4.74 Å². The maximum atomic E-state index is 12.7. The molecule has 0 saturated carbocycles. The topological polar surface area (TPSA) is 123 Å². The highest BCUT2D eigenvalue weighted by Crippen LogP contribution is 2.30. The van der Waals surface area contributed by atoms with E-state index in [-0.39, 0.29) is 11.3 Å². The molecule has 10 heteroatoms. The number of nitrogens with one attached hydrogen (secondary N) is 2. The molecule has 2 aromatic carbocycles. The zero-order valence-electron chi connectivity index (χ0n) is 18.4. The molecule has 1 aromatic heterocycles. The van der Waals surface area contributed by atoms with E-state index in [9.17, 15) is 14.9 Å². The summed E-state index contributed by atoms with van der Waals surface area (Å²) in [6.45, 7) is 5.96. The van der Waals surface area contributed by atoms with Crippen LogP contribution in [0.4, 0.5) is 28.7 Å². The Labute approximate surface area is 190 Å². The molecule has 10 nitrogen and oxygen atoms in total. The fraction of sp³-hybridized carbons (Fsp3) is 0.261. The zero-order valence-corrected chi connectivity index (χ0v) is 18.4. The summed E-state index contributed by atoms with van der Waals surface area (Å²) in [5, 5.41) is 17.5. The van der Waals surface area contributed by atoms with E-state index in [1.165, 1.54) is 6.07 Å². The van der Waals surface area contributed by atoms with Gasteiger partial charge in [0.15, 0.2) is 0 Å². The van der Waals surface area contributed by atoms with Gasteiger partial charge >= 0.3 is 0 Å². The molecule has 0 aliphatic carbocycles. The summed E-state index contributed by atoms with van der Waals surface area (Å²) in [4.78, 5) is 34.5. The molecule has 1 aliphatic rings. The van der Waals surface area contributed by atoms with Gasteiger partial charge in [0.05, 0.1) is 18.1 Å². The van der Waals surface area contributed by atoms with Gasteiger partial charge < -0.3 is 20.3 Å². The first-order chi connectivity index (χ1) is 15.9. The summed E-state index contributed by atoms with van der Waals surface area (Å²) in [6, 6.07) is 13.5. The summed E-state index contributed by atoms with van der Waals surface area (Å²) in [5.74, 6) is 0.0712. The van der Waals surface area contributed by atoms with Crippen LogP contribution in [0.2, 0.25) is 0 Å². The van der Waals surface area contributed by atoms with Crippen molar-refractivity contribution in [2.75, 3.05) is 41.8 Å². The minimum atomic E-state index is -0.461. The van der Waals surface area contributed by atoms with E-state index in [1.807, 2.05) is 24.8 Å². The molecule has 0 bridgehead atoms. The number of carbonyl (C=O) groups excluding carboxylic acids is 1. The van der Waals surface area contributed by atoms with Crippen molar-refractivity contribution in [3.8, 4) is 0 Å².